The molecule has 1 aliphatic carbocycles. The molecule has 0 aliphatic heterocycles. The second-order valence-corrected chi connectivity index (χ2v) is 3.78. The number of hydrogen-bond donors (Lipinski definition) is 0. The zero-order chi connectivity index (χ0) is 10.4. The highest BCUT2D eigenvalue weighted by molar-refractivity contribution is 5.87. The van der Waals surface area contributed by atoms with Gasteiger partial charge >= 0.3 is 0 Å². The number of rotatable bonds is 6. The quantitative estimate of drug-likeness (QED) is 0.476. The van der Waals surface area contributed by atoms with Crippen LogP contribution in [0.2, 0.25) is 0 Å². The van der Waals surface area contributed by atoms with Gasteiger partial charge in [-0.25, -0.2) is 0 Å². The number of likely N-dealkylation sites (N-methyl/N-ethyl adjacent to an activating group) is 1. The average Bonchev–Trinajstić information content (AvgIpc) is 2.96. The van der Waals surface area contributed by atoms with Gasteiger partial charge in [-0.3, -0.25) is 4.79 Å². The first-order chi connectivity index (χ1) is 6.74. The Morgan fingerprint density at radius 3 is 2.86 bits per heavy atom. The Morgan fingerprint density at radius 1 is 1.57 bits per heavy atom. The van der Waals surface area contributed by atoms with E-state index in [1.54, 1.807) is 24.1 Å². The average molecular weight is 197 g/mol. The van der Waals surface area contributed by atoms with Crippen molar-refractivity contribution in [3.63, 3.8) is 0 Å². The first kappa shape index (κ1) is 11.2. The van der Waals surface area contributed by atoms with Crippen LogP contribution in [0.4, 0.5) is 0 Å². The highest BCUT2D eigenvalue weighted by Crippen LogP contribution is 2.28. The monoisotopic (exact) mass is 197 g/mol. The number of amides is 1. The van der Waals surface area contributed by atoms with Gasteiger partial charge in [-0.15, -0.1) is 0 Å². The predicted octanol–water partition coefficient (Wildman–Crippen LogP) is 1.45. The molecule has 0 spiro atoms. The molecule has 1 rings (SSSR count). The zero-order valence-electron chi connectivity index (χ0n) is 9.03. The molecule has 0 aromatic rings. The highest BCUT2D eigenvalue weighted by Gasteiger charge is 2.20. The van der Waals surface area contributed by atoms with Crippen LogP contribution in [-0.2, 0) is 9.53 Å². The molecule has 0 N–H and O–H groups in total. The van der Waals surface area contributed by atoms with Crippen molar-refractivity contribution in [2.45, 2.75) is 19.8 Å². The third-order valence-corrected chi connectivity index (χ3v) is 2.31. The van der Waals surface area contributed by atoms with E-state index in [9.17, 15) is 4.79 Å². The van der Waals surface area contributed by atoms with Gasteiger partial charge in [-0.1, -0.05) is 6.08 Å². The molecule has 1 saturated carbocycles. The number of nitrogens with zero attached hydrogens (tertiary/aromatic N) is 1. The summed E-state index contributed by atoms with van der Waals surface area (Å²) in [6, 6.07) is 0. The van der Waals surface area contributed by atoms with Gasteiger partial charge in [0.2, 0.25) is 5.91 Å². The van der Waals surface area contributed by atoms with Crippen molar-refractivity contribution in [2.75, 3.05) is 26.8 Å². The number of hydrogen-bond acceptors (Lipinski definition) is 2. The Kier molecular flexibility index (Phi) is 4.66. The standard InChI is InChI=1S/C11H19NO2/c1-3-4-11(13)12(2)7-8-14-9-10-5-6-10/h3-4,10H,5-9H2,1-2H3. The summed E-state index contributed by atoms with van der Waals surface area (Å²) in [6.45, 7) is 4.03. The molecule has 0 heterocycles. The second-order valence-electron chi connectivity index (χ2n) is 3.78. The van der Waals surface area contributed by atoms with Crippen LogP contribution < -0.4 is 0 Å². The molecule has 0 bridgehead atoms. The van der Waals surface area contributed by atoms with Gasteiger partial charge in [-0.2, -0.15) is 0 Å². The summed E-state index contributed by atoms with van der Waals surface area (Å²) in [5.74, 6) is 0.842. The molecule has 0 saturated heterocycles. The second kappa shape index (κ2) is 5.81. The lowest BCUT2D eigenvalue weighted by Crippen LogP contribution is -2.28. The third-order valence-electron chi connectivity index (χ3n) is 2.31. The lowest BCUT2D eigenvalue weighted by Gasteiger charge is -2.14. The molecule has 3 nitrogen and oxygen atoms in total. The zero-order valence-corrected chi connectivity index (χ0v) is 9.03. The Bertz CT molecular complexity index is 209. The molecule has 0 aromatic carbocycles. The first-order valence-corrected chi connectivity index (χ1v) is 5.19. The topological polar surface area (TPSA) is 29.5 Å². The molecule has 0 radical (unpaired) electrons. The van der Waals surface area contributed by atoms with Crippen LogP contribution in [0.3, 0.4) is 0 Å². The molecule has 0 unspecified atom stereocenters. The number of carbonyl (C=O) groups is 1. The molecule has 14 heavy (non-hydrogen) atoms. The Hall–Kier alpha value is -0.830. The fourth-order valence-electron chi connectivity index (χ4n) is 1.12. The smallest absolute Gasteiger partial charge is 0.246 e. The van der Waals surface area contributed by atoms with Gasteiger partial charge in [0, 0.05) is 20.2 Å². The van der Waals surface area contributed by atoms with E-state index in [2.05, 4.69) is 0 Å². The summed E-state index contributed by atoms with van der Waals surface area (Å²) >= 11 is 0. The molecular formula is C11H19NO2. The number of allylic oxidation sites excluding steroid dienone is 1. The van der Waals surface area contributed by atoms with Crippen molar-refractivity contribution in [1.29, 1.82) is 0 Å². The number of carbonyl (C=O) groups excluding carboxylic acids is 1. The molecule has 0 atom stereocenters. The van der Waals surface area contributed by atoms with Crippen molar-refractivity contribution in [1.82, 2.24) is 4.90 Å². The maximum Gasteiger partial charge on any atom is 0.246 e. The van der Waals surface area contributed by atoms with E-state index in [0.29, 0.717) is 13.2 Å². The fourth-order valence-corrected chi connectivity index (χ4v) is 1.12. The van der Waals surface area contributed by atoms with Crippen molar-refractivity contribution in [3.05, 3.63) is 12.2 Å². The minimum absolute atomic E-state index is 0.0440. The van der Waals surface area contributed by atoms with E-state index in [0.717, 1.165) is 12.5 Å². The summed E-state index contributed by atoms with van der Waals surface area (Å²) in [5, 5.41) is 0. The molecule has 80 valence electrons. The van der Waals surface area contributed by atoms with E-state index in [1.807, 2.05) is 6.92 Å². The molecule has 3 heteroatoms. The summed E-state index contributed by atoms with van der Waals surface area (Å²) in [6.07, 6.45) is 5.95. The van der Waals surface area contributed by atoms with Gasteiger partial charge in [-0.05, 0) is 31.8 Å². The van der Waals surface area contributed by atoms with Crippen molar-refractivity contribution < 1.29 is 9.53 Å². The van der Waals surface area contributed by atoms with E-state index in [-0.39, 0.29) is 5.91 Å². The normalized spacial score (nSPS) is 16.1. The Labute approximate surface area is 85.7 Å². The molecule has 0 aromatic heterocycles. The minimum atomic E-state index is 0.0440. The molecule has 1 aliphatic rings. The van der Waals surface area contributed by atoms with E-state index in [1.165, 1.54) is 12.8 Å². The Morgan fingerprint density at radius 2 is 2.29 bits per heavy atom. The van der Waals surface area contributed by atoms with Crippen molar-refractivity contribution in [2.24, 2.45) is 5.92 Å². The summed E-state index contributed by atoms with van der Waals surface area (Å²) in [5.41, 5.74) is 0. The third kappa shape index (κ3) is 4.42. The lowest BCUT2D eigenvalue weighted by molar-refractivity contribution is -0.125. The molecule has 1 fully saturated rings. The fraction of sp³-hybridized carbons (Fsp3) is 0.727. The van der Waals surface area contributed by atoms with Crippen LogP contribution >= 0.6 is 0 Å². The van der Waals surface area contributed by atoms with Gasteiger partial charge in [0.15, 0.2) is 0 Å². The lowest BCUT2D eigenvalue weighted by atomic mass is 10.4. The Balaban J connectivity index is 2.00. The predicted molar refractivity (Wildman–Crippen MR) is 56.0 cm³/mol. The molecule has 1 amide bonds. The number of ether oxygens (including phenoxy) is 1. The SMILES string of the molecule is CC=CC(=O)N(C)CCOCC1CC1. The summed E-state index contributed by atoms with van der Waals surface area (Å²) in [7, 11) is 1.79. The summed E-state index contributed by atoms with van der Waals surface area (Å²) in [4.78, 5) is 12.9. The van der Waals surface area contributed by atoms with Crippen LogP contribution in [0.5, 0.6) is 0 Å². The van der Waals surface area contributed by atoms with Gasteiger partial charge in [0.05, 0.1) is 6.61 Å². The van der Waals surface area contributed by atoms with E-state index in [4.69, 9.17) is 4.74 Å². The maximum absolute atomic E-state index is 11.3. The highest BCUT2D eigenvalue weighted by atomic mass is 16.5. The van der Waals surface area contributed by atoms with Gasteiger partial charge < -0.3 is 9.64 Å². The van der Waals surface area contributed by atoms with Crippen LogP contribution in [-0.4, -0.2) is 37.6 Å². The van der Waals surface area contributed by atoms with Crippen LogP contribution in [0, 0.1) is 5.92 Å². The van der Waals surface area contributed by atoms with Crippen LogP contribution in [0.15, 0.2) is 12.2 Å². The van der Waals surface area contributed by atoms with Crippen LogP contribution in [0.1, 0.15) is 19.8 Å². The van der Waals surface area contributed by atoms with Crippen molar-refractivity contribution in [3.8, 4) is 0 Å². The maximum atomic E-state index is 11.3. The summed E-state index contributed by atoms with van der Waals surface area (Å²) < 4.78 is 5.44. The molecular weight excluding hydrogens is 178 g/mol. The van der Waals surface area contributed by atoms with Crippen LogP contribution in [0.25, 0.3) is 0 Å². The van der Waals surface area contributed by atoms with Gasteiger partial charge in [0.1, 0.15) is 0 Å². The van der Waals surface area contributed by atoms with E-state index < -0.39 is 0 Å². The van der Waals surface area contributed by atoms with Crippen molar-refractivity contribution >= 4 is 5.91 Å². The van der Waals surface area contributed by atoms with Gasteiger partial charge in [0.25, 0.3) is 0 Å². The minimum Gasteiger partial charge on any atom is -0.379 e. The largest absolute Gasteiger partial charge is 0.379 e. The first-order valence-electron chi connectivity index (χ1n) is 5.19. The van der Waals surface area contributed by atoms with E-state index >= 15 is 0 Å².